The van der Waals surface area contributed by atoms with E-state index in [1.165, 1.54) is 11.8 Å². The van der Waals surface area contributed by atoms with Crippen LogP contribution in [0, 0.1) is 0 Å². The van der Waals surface area contributed by atoms with Gasteiger partial charge in [-0.25, -0.2) is 9.97 Å². The van der Waals surface area contributed by atoms with Crippen molar-refractivity contribution in [2.75, 3.05) is 19.5 Å². The van der Waals surface area contributed by atoms with Gasteiger partial charge in [-0.05, 0) is 38.5 Å². The van der Waals surface area contributed by atoms with E-state index in [-0.39, 0.29) is 17.5 Å². The van der Waals surface area contributed by atoms with Gasteiger partial charge in [-0.1, -0.05) is 11.8 Å². The second-order valence-electron chi connectivity index (χ2n) is 6.91. The van der Waals surface area contributed by atoms with Gasteiger partial charge in [0.2, 0.25) is 0 Å². The summed E-state index contributed by atoms with van der Waals surface area (Å²) < 4.78 is 6.99. The Morgan fingerprint density at radius 2 is 2.25 bits per heavy atom. The van der Waals surface area contributed by atoms with Crippen molar-refractivity contribution in [2.24, 2.45) is 0 Å². The van der Waals surface area contributed by atoms with E-state index in [4.69, 9.17) is 4.74 Å². The van der Waals surface area contributed by atoms with Gasteiger partial charge in [0.1, 0.15) is 5.65 Å². The van der Waals surface area contributed by atoms with Gasteiger partial charge in [0.25, 0.3) is 5.56 Å². The highest BCUT2D eigenvalue weighted by Crippen LogP contribution is 2.40. The summed E-state index contributed by atoms with van der Waals surface area (Å²) >= 11 is 1.45. The first-order valence-electron chi connectivity index (χ1n) is 8.27. The number of rotatable bonds is 3. The maximum Gasteiger partial charge on any atom is 0.256 e. The molecule has 2 aliphatic rings. The van der Waals surface area contributed by atoms with Crippen molar-refractivity contribution in [3.63, 3.8) is 0 Å². The lowest BCUT2D eigenvalue weighted by molar-refractivity contribution is 0.00666. The highest BCUT2D eigenvalue weighted by Gasteiger charge is 2.40. The third-order valence-corrected chi connectivity index (χ3v) is 5.79. The van der Waals surface area contributed by atoms with Gasteiger partial charge in [0.05, 0.1) is 24.9 Å². The van der Waals surface area contributed by atoms with Crippen molar-refractivity contribution in [3.05, 3.63) is 28.2 Å². The molecule has 2 aromatic heterocycles. The monoisotopic (exact) mass is 347 g/mol. The van der Waals surface area contributed by atoms with Gasteiger partial charge in [0, 0.05) is 23.1 Å². The minimum atomic E-state index is -0.893. The molecule has 3 heterocycles. The summed E-state index contributed by atoms with van der Waals surface area (Å²) in [7, 11) is 0. The van der Waals surface area contributed by atoms with Gasteiger partial charge in [-0.15, -0.1) is 0 Å². The Morgan fingerprint density at radius 1 is 1.46 bits per heavy atom. The molecule has 1 N–H and O–H groups in total. The zero-order valence-electron chi connectivity index (χ0n) is 13.9. The number of aromatic nitrogens is 3. The van der Waals surface area contributed by atoms with Crippen molar-refractivity contribution in [2.45, 2.75) is 48.9 Å². The number of hydrogen-bond acceptors (Lipinski definition) is 6. The van der Waals surface area contributed by atoms with Crippen molar-refractivity contribution in [3.8, 4) is 0 Å². The van der Waals surface area contributed by atoms with Crippen molar-refractivity contribution in [1.82, 2.24) is 14.5 Å². The predicted molar refractivity (Wildman–Crippen MR) is 92.7 cm³/mol. The summed E-state index contributed by atoms with van der Waals surface area (Å²) in [5.74, 6) is 0.125. The van der Waals surface area contributed by atoms with Crippen LogP contribution in [0.15, 0.2) is 22.2 Å². The fourth-order valence-electron chi connectivity index (χ4n) is 3.76. The van der Waals surface area contributed by atoms with E-state index in [1.54, 1.807) is 10.8 Å². The number of fused-ring (bicyclic) bond motifs is 1. The standard InChI is InChI=1S/C17H21N3O3S/c1-17(22)5-3-4-13(17)20-14-10(7-18-16(19-14)24-2)6-12(15(20)21)11-8-23-9-11/h6-7,11,13,22H,3-5,8-9H2,1-2H3/t13-,17-/m1/s1. The molecule has 0 spiro atoms. The van der Waals surface area contributed by atoms with E-state index < -0.39 is 5.60 Å². The average molecular weight is 347 g/mol. The molecule has 1 aliphatic carbocycles. The minimum Gasteiger partial charge on any atom is -0.388 e. The fourth-order valence-corrected chi connectivity index (χ4v) is 4.10. The van der Waals surface area contributed by atoms with Crippen molar-refractivity contribution >= 4 is 22.8 Å². The van der Waals surface area contributed by atoms with Crippen LogP contribution in [-0.4, -0.2) is 44.7 Å². The molecule has 4 rings (SSSR count). The molecule has 1 saturated heterocycles. The van der Waals surface area contributed by atoms with Crippen molar-refractivity contribution < 1.29 is 9.84 Å². The zero-order valence-corrected chi connectivity index (χ0v) is 14.7. The maximum atomic E-state index is 13.2. The van der Waals surface area contributed by atoms with Crippen LogP contribution in [0.3, 0.4) is 0 Å². The van der Waals surface area contributed by atoms with E-state index in [0.717, 1.165) is 23.8 Å². The topological polar surface area (TPSA) is 77.2 Å². The van der Waals surface area contributed by atoms with Crippen LogP contribution >= 0.6 is 11.8 Å². The Hall–Kier alpha value is -1.44. The largest absolute Gasteiger partial charge is 0.388 e. The summed E-state index contributed by atoms with van der Waals surface area (Å²) in [5.41, 5.74) is 0.428. The lowest BCUT2D eigenvalue weighted by atomic mass is 9.96. The summed E-state index contributed by atoms with van der Waals surface area (Å²) in [4.78, 5) is 22.1. The zero-order chi connectivity index (χ0) is 16.9. The summed E-state index contributed by atoms with van der Waals surface area (Å²) in [6.07, 6.45) is 6.07. The van der Waals surface area contributed by atoms with Gasteiger partial charge in [-0.3, -0.25) is 9.36 Å². The molecule has 2 aromatic rings. The van der Waals surface area contributed by atoms with Crippen LogP contribution in [0.5, 0.6) is 0 Å². The lowest BCUT2D eigenvalue weighted by Crippen LogP contribution is -2.40. The fraction of sp³-hybridized carbons (Fsp3) is 0.588. The Bertz CT molecular complexity index is 845. The molecule has 128 valence electrons. The van der Waals surface area contributed by atoms with Crippen molar-refractivity contribution in [1.29, 1.82) is 0 Å². The molecule has 0 amide bonds. The number of aliphatic hydroxyl groups is 1. The lowest BCUT2D eigenvalue weighted by Gasteiger charge is -2.31. The smallest absolute Gasteiger partial charge is 0.256 e. The van der Waals surface area contributed by atoms with Crippen LogP contribution < -0.4 is 5.56 Å². The molecular formula is C17H21N3O3S. The van der Waals surface area contributed by atoms with E-state index in [0.29, 0.717) is 30.4 Å². The molecule has 0 bridgehead atoms. The molecule has 1 aliphatic heterocycles. The second kappa shape index (κ2) is 5.82. The van der Waals surface area contributed by atoms with Crippen LogP contribution in [0.25, 0.3) is 11.0 Å². The Morgan fingerprint density at radius 3 is 2.83 bits per heavy atom. The molecule has 2 atom stereocenters. The summed E-state index contributed by atoms with van der Waals surface area (Å²) in [6.45, 7) is 2.97. The summed E-state index contributed by atoms with van der Waals surface area (Å²) in [6, 6.07) is 1.65. The van der Waals surface area contributed by atoms with Crippen LogP contribution in [-0.2, 0) is 4.74 Å². The average Bonchev–Trinajstić information content (AvgIpc) is 2.85. The third-order valence-electron chi connectivity index (χ3n) is 5.23. The van der Waals surface area contributed by atoms with E-state index in [2.05, 4.69) is 9.97 Å². The summed E-state index contributed by atoms with van der Waals surface area (Å²) in [5, 5.41) is 12.3. The van der Waals surface area contributed by atoms with Crippen LogP contribution in [0.2, 0.25) is 0 Å². The van der Waals surface area contributed by atoms with Crippen LogP contribution in [0.1, 0.15) is 43.7 Å². The third kappa shape index (κ3) is 2.46. The Balaban J connectivity index is 1.99. The van der Waals surface area contributed by atoms with E-state index in [1.807, 2.05) is 19.2 Å². The first-order chi connectivity index (χ1) is 11.5. The minimum absolute atomic E-state index is 0.0475. The highest BCUT2D eigenvalue weighted by molar-refractivity contribution is 7.98. The number of thioether (sulfide) groups is 1. The quantitative estimate of drug-likeness (QED) is 0.677. The first-order valence-corrected chi connectivity index (χ1v) is 9.50. The van der Waals surface area contributed by atoms with E-state index in [9.17, 15) is 9.90 Å². The van der Waals surface area contributed by atoms with Gasteiger partial charge in [-0.2, -0.15) is 0 Å². The molecule has 7 heteroatoms. The predicted octanol–water partition coefficient (Wildman–Crippen LogP) is 2.10. The molecule has 0 unspecified atom stereocenters. The molecular weight excluding hydrogens is 326 g/mol. The van der Waals surface area contributed by atoms with Gasteiger partial charge < -0.3 is 9.84 Å². The molecule has 0 radical (unpaired) electrons. The second-order valence-corrected chi connectivity index (χ2v) is 7.68. The number of ether oxygens (including phenoxy) is 1. The molecule has 1 saturated carbocycles. The van der Waals surface area contributed by atoms with Gasteiger partial charge in [0.15, 0.2) is 5.16 Å². The first kappa shape index (κ1) is 16.1. The number of hydrogen-bond donors (Lipinski definition) is 1. The van der Waals surface area contributed by atoms with E-state index >= 15 is 0 Å². The maximum absolute atomic E-state index is 13.2. The molecule has 24 heavy (non-hydrogen) atoms. The number of pyridine rings is 1. The van der Waals surface area contributed by atoms with Crippen LogP contribution in [0.4, 0.5) is 0 Å². The molecule has 6 nitrogen and oxygen atoms in total. The highest BCUT2D eigenvalue weighted by atomic mass is 32.2. The number of nitrogens with zero attached hydrogens (tertiary/aromatic N) is 3. The normalized spacial score (nSPS) is 27.5. The van der Waals surface area contributed by atoms with Gasteiger partial charge >= 0.3 is 0 Å². The Kier molecular flexibility index (Phi) is 3.89. The Labute approximate surface area is 144 Å². The SMILES string of the molecule is CSc1ncc2cc(C3COC3)c(=O)n([C@@H]3CCC[C@@]3(C)O)c2n1. The molecule has 2 fully saturated rings. The molecule has 0 aromatic carbocycles.